The average molecular weight is 352 g/mol. The smallest absolute Gasteiger partial charge is 0.234 e. The topological polar surface area (TPSA) is 55.1 Å². The molecule has 0 saturated heterocycles. The number of nitrogens with two attached hydrogens (primary N) is 1. The van der Waals surface area contributed by atoms with Crippen LogP contribution in [0.15, 0.2) is 18.2 Å². The molecule has 0 spiro atoms. The van der Waals surface area contributed by atoms with Crippen molar-refractivity contribution in [3.8, 4) is 0 Å². The van der Waals surface area contributed by atoms with Gasteiger partial charge in [-0.2, -0.15) is 0 Å². The summed E-state index contributed by atoms with van der Waals surface area (Å²) >= 11 is 6.66. The molecule has 3 N–H and O–H groups in total. The van der Waals surface area contributed by atoms with Crippen LogP contribution in [-0.2, 0) is 4.79 Å². The van der Waals surface area contributed by atoms with Crippen LogP contribution in [0.25, 0.3) is 0 Å². The molecular weight excluding hydrogens is 342 g/mol. The van der Waals surface area contributed by atoms with E-state index in [1.54, 1.807) is 6.92 Å². The number of hydrogen-bond acceptors (Lipinski definition) is 2. The van der Waals surface area contributed by atoms with E-state index in [2.05, 4.69) is 5.32 Å². The van der Waals surface area contributed by atoms with Crippen LogP contribution in [0, 0.1) is 15.3 Å². The quantitative estimate of drug-likeness (QED) is 0.648. The fraction of sp³-hybridized carbons (Fsp3) is 0.200. The van der Waals surface area contributed by atoms with E-state index in [0.717, 1.165) is 0 Å². The maximum absolute atomic E-state index is 12.8. The summed E-state index contributed by atoms with van der Waals surface area (Å²) < 4.78 is 13.4. The first kappa shape index (κ1) is 13.3. The van der Waals surface area contributed by atoms with Crippen LogP contribution in [0.5, 0.6) is 0 Å². The Hall–Kier alpha value is -0.760. The molecule has 86 valence electrons. The van der Waals surface area contributed by atoms with Gasteiger partial charge in [-0.1, -0.05) is 12.2 Å². The van der Waals surface area contributed by atoms with Gasteiger partial charge >= 0.3 is 0 Å². The highest BCUT2D eigenvalue weighted by Gasteiger charge is 2.16. The van der Waals surface area contributed by atoms with Crippen LogP contribution in [0.3, 0.4) is 0 Å². The molecule has 1 amide bonds. The first-order valence-corrected chi connectivity index (χ1v) is 5.95. The van der Waals surface area contributed by atoms with Crippen molar-refractivity contribution in [1.29, 1.82) is 0 Å². The number of rotatable bonds is 3. The lowest BCUT2D eigenvalue weighted by atomic mass is 10.1. The highest BCUT2D eigenvalue weighted by molar-refractivity contribution is 14.1. The van der Waals surface area contributed by atoms with Gasteiger partial charge in [0.25, 0.3) is 0 Å². The normalized spacial score (nSPS) is 11.9. The molecule has 1 atom stereocenters. The van der Waals surface area contributed by atoms with Gasteiger partial charge in [-0.15, -0.1) is 0 Å². The molecule has 3 nitrogen and oxygen atoms in total. The van der Waals surface area contributed by atoms with Crippen molar-refractivity contribution in [2.75, 3.05) is 5.32 Å². The molecule has 0 aliphatic rings. The number of amides is 1. The van der Waals surface area contributed by atoms with Gasteiger partial charge in [-0.25, -0.2) is 4.39 Å². The Balaban J connectivity index is 2.81. The first-order valence-electron chi connectivity index (χ1n) is 4.47. The standard InChI is InChI=1S/C10H10FIN2OS/c1-5(9(13)16)10(15)14-8-3-2-6(11)4-7(8)12/h2-5H,1H3,(H2,13,16)(H,14,15). The van der Waals surface area contributed by atoms with Crippen molar-refractivity contribution in [1.82, 2.24) is 0 Å². The minimum atomic E-state index is -0.546. The number of nitrogens with one attached hydrogen (secondary N) is 1. The van der Waals surface area contributed by atoms with E-state index >= 15 is 0 Å². The number of halogens is 2. The van der Waals surface area contributed by atoms with Crippen molar-refractivity contribution < 1.29 is 9.18 Å². The second-order valence-corrected chi connectivity index (χ2v) is 4.87. The third-order valence-electron chi connectivity index (χ3n) is 2.01. The van der Waals surface area contributed by atoms with Crippen molar-refractivity contribution >= 4 is 51.4 Å². The summed E-state index contributed by atoms with van der Waals surface area (Å²) in [6, 6.07) is 4.12. The molecule has 0 fully saturated rings. The summed E-state index contributed by atoms with van der Waals surface area (Å²) in [5, 5.41) is 2.64. The molecule has 6 heteroatoms. The number of hydrogen-bond donors (Lipinski definition) is 2. The maximum atomic E-state index is 12.8. The van der Waals surface area contributed by atoms with Crippen molar-refractivity contribution in [2.45, 2.75) is 6.92 Å². The molecule has 0 saturated carbocycles. The highest BCUT2D eigenvalue weighted by Crippen LogP contribution is 2.19. The van der Waals surface area contributed by atoms with E-state index in [1.807, 2.05) is 22.6 Å². The molecule has 0 radical (unpaired) electrons. The van der Waals surface area contributed by atoms with E-state index in [0.29, 0.717) is 9.26 Å². The Morgan fingerprint density at radius 1 is 1.62 bits per heavy atom. The van der Waals surface area contributed by atoms with Gasteiger partial charge in [0.05, 0.1) is 16.6 Å². The Morgan fingerprint density at radius 3 is 2.75 bits per heavy atom. The molecule has 0 bridgehead atoms. The summed E-state index contributed by atoms with van der Waals surface area (Å²) in [5.74, 6) is -1.18. The van der Waals surface area contributed by atoms with Crippen molar-refractivity contribution in [2.24, 2.45) is 11.7 Å². The predicted octanol–water partition coefficient (Wildman–Crippen LogP) is 2.29. The molecule has 16 heavy (non-hydrogen) atoms. The monoisotopic (exact) mass is 352 g/mol. The van der Waals surface area contributed by atoms with Gasteiger partial charge in [0.2, 0.25) is 5.91 Å². The van der Waals surface area contributed by atoms with Gasteiger partial charge in [-0.05, 0) is 47.7 Å². The second kappa shape index (κ2) is 5.53. The number of thiocarbonyl (C=S) groups is 1. The van der Waals surface area contributed by atoms with E-state index in [4.69, 9.17) is 18.0 Å². The maximum Gasteiger partial charge on any atom is 0.234 e. The van der Waals surface area contributed by atoms with Crippen LogP contribution in [0.1, 0.15) is 6.92 Å². The fourth-order valence-corrected chi connectivity index (χ4v) is 1.68. The Labute approximate surface area is 112 Å². The van der Waals surface area contributed by atoms with Crippen LogP contribution >= 0.6 is 34.8 Å². The average Bonchev–Trinajstić information content (AvgIpc) is 2.20. The molecule has 0 aliphatic heterocycles. The Bertz CT molecular complexity index is 439. The number of anilines is 1. The van der Waals surface area contributed by atoms with Crippen LogP contribution in [-0.4, -0.2) is 10.9 Å². The van der Waals surface area contributed by atoms with Gasteiger partial charge in [-0.3, -0.25) is 4.79 Å². The SMILES string of the molecule is CC(C(=O)Nc1ccc(F)cc1I)C(N)=S. The first-order chi connectivity index (χ1) is 7.41. The predicted molar refractivity (Wildman–Crippen MR) is 73.7 cm³/mol. The highest BCUT2D eigenvalue weighted by atomic mass is 127. The van der Waals surface area contributed by atoms with Crippen LogP contribution in [0.4, 0.5) is 10.1 Å². The zero-order valence-electron chi connectivity index (χ0n) is 8.46. The summed E-state index contributed by atoms with van der Waals surface area (Å²) in [6.45, 7) is 1.62. The molecule has 0 aliphatic carbocycles. The molecular formula is C10H10FIN2OS. The largest absolute Gasteiger partial charge is 0.393 e. The Morgan fingerprint density at radius 2 is 2.25 bits per heavy atom. The van der Waals surface area contributed by atoms with E-state index in [-0.39, 0.29) is 16.7 Å². The second-order valence-electron chi connectivity index (χ2n) is 3.24. The number of carbonyl (C=O) groups is 1. The summed E-state index contributed by atoms with van der Waals surface area (Å²) in [7, 11) is 0. The molecule has 1 unspecified atom stereocenters. The Kier molecular flexibility index (Phi) is 4.60. The summed E-state index contributed by atoms with van der Waals surface area (Å²) in [6.07, 6.45) is 0. The molecule has 1 aromatic rings. The lowest BCUT2D eigenvalue weighted by molar-refractivity contribution is -0.117. The van der Waals surface area contributed by atoms with E-state index in [1.165, 1.54) is 18.2 Å². The van der Waals surface area contributed by atoms with Gasteiger partial charge in [0, 0.05) is 3.57 Å². The minimum absolute atomic E-state index is 0.134. The van der Waals surface area contributed by atoms with Gasteiger partial charge in [0.1, 0.15) is 5.82 Å². The van der Waals surface area contributed by atoms with Gasteiger partial charge < -0.3 is 11.1 Å². The number of carbonyl (C=O) groups excluding carboxylic acids is 1. The number of benzene rings is 1. The summed E-state index contributed by atoms with van der Waals surface area (Å²) in [4.78, 5) is 11.7. The molecule has 1 aromatic carbocycles. The third kappa shape index (κ3) is 3.38. The van der Waals surface area contributed by atoms with Crippen LogP contribution < -0.4 is 11.1 Å². The van der Waals surface area contributed by atoms with E-state index < -0.39 is 5.92 Å². The van der Waals surface area contributed by atoms with Crippen LogP contribution in [0.2, 0.25) is 0 Å². The minimum Gasteiger partial charge on any atom is -0.393 e. The lowest BCUT2D eigenvalue weighted by Gasteiger charge is -2.11. The molecule has 1 rings (SSSR count). The van der Waals surface area contributed by atoms with Gasteiger partial charge in [0.15, 0.2) is 0 Å². The van der Waals surface area contributed by atoms with E-state index in [9.17, 15) is 9.18 Å². The zero-order valence-corrected chi connectivity index (χ0v) is 11.4. The lowest BCUT2D eigenvalue weighted by Crippen LogP contribution is -2.31. The van der Waals surface area contributed by atoms with Crippen molar-refractivity contribution in [3.05, 3.63) is 27.6 Å². The fourth-order valence-electron chi connectivity index (χ4n) is 0.961. The van der Waals surface area contributed by atoms with Crippen molar-refractivity contribution in [3.63, 3.8) is 0 Å². The third-order valence-corrected chi connectivity index (χ3v) is 3.26. The zero-order chi connectivity index (χ0) is 12.3. The summed E-state index contributed by atoms with van der Waals surface area (Å²) in [5.41, 5.74) is 5.91. The molecule has 0 heterocycles. The molecule has 0 aromatic heterocycles.